The molecule has 1 saturated carbocycles. The third kappa shape index (κ3) is 3.64. The summed E-state index contributed by atoms with van der Waals surface area (Å²) in [5.41, 5.74) is 5.51. The van der Waals surface area contributed by atoms with Crippen LogP contribution in [-0.2, 0) is 6.54 Å². The number of aromatic amines is 1. The summed E-state index contributed by atoms with van der Waals surface area (Å²) in [5, 5.41) is 3.97. The molecule has 0 saturated heterocycles. The van der Waals surface area contributed by atoms with Crippen molar-refractivity contribution < 1.29 is 0 Å². The van der Waals surface area contributed by atoms with Crippen molar-refractivity contribution in [2.45, 2.75) is 56.9 Å². The van der Waals surface area contributed by atoms with Gasteiger partial charge < -0.3 is 11.1 Å². The van der Waals surface area contributed by atoms with Gasteiger partial charge in [-0.2, -0.15) is 11.8 Å². The Morgan fingerprint density at radius 3 is 2.57 bits per heavy atom. The zero-order chi connectivity index (χ0) is 15.4. The first-order valence-electron chi connectivity index (χ1n) is 7.48. The molecule has 7 heteroatoms. The first-order chi connectivity index (χ1) is 10.1. The van der Waals surface area contributed by atoms with Crippen LogP contribution < -0.4 is 22.3 Å². The van der Waals surface area contributed by atoms with Crippen molar-refractivity contribution in [1.82, 2.24) is 9.55 Å². The quantitative estimate of drug-likeness (QED) is 0.768. The summed E-state index contributed by atoms with van der Waals surface area (Å²) >= 11 is 1.91. The summed E-state index contributed by atoms with van der Waals surface area (Å²) in [5.74, 6) is 0.248. The van der Waals surface area contributed by atoms with Gasteiger partial charge in [-0.25, -0.2) is 4.79 Å². The van der Waals surface area contributed by atoms with Crippen molar-refractivity contribution in [3.8, 4) is 0 Å². The van der Waals surface area contributed by atoms with Gasteiger partial charge in [0.2, 0.25) is 0 Å². The molecule has 1 aromatic rings. The Labute approximate surface area is 128 Å². The van der Waals surface area contributed by atoms with Gasteiger partial charge in [0.25, 0.3) is 5.56 Å². The molecule has 1 aromatic heterocycles. The lowest BCUT2D eigenvalue weighted by Gasteiger charge is -2.29. The van der Waals surface area contributed by atoms with Crippen molar-refractivity contribution in [3.05, 3.63) is 20.8 Å². The summed E-state index contributed by atoms with van der Waals surface area (Å²) in [6, 6.07) is 0.254. The van der Waals surface area contributed by atoms with Crippen LogP contribution in [0.5, 0.6) is 0 Å². The van der Waals surface area contributed by atoms with Crippen LogP contribution in [0.25, 0.3) is 0 Å². The van der Waals surface area contributed by atoms with Gasteiger partial charge in [-0.15, -0.1) is 0 Å². The highest BCUT2D eigenvalue weighted by atomic mass is 32.2. The number of anilines is 2. The first-order valence-corrected chi connectivity index (χ1v) is 8.77. The molecule has 0 aromatic carbocycles. The lowest BCUT2D eigenvalue weighted by molar-refractivity contribution is 0.472. The highest BCUT2D eigenvalue weighted by Gasteiger charge is 2.22. The summed E-state index contributed by atoms with van der Waals surface area (Å²) in [6.07, 6.45) is 7.27. The molecule has 1 aliphatic carbocycles. The van der Waals surface area contributed by atoms with Crippen molar-refractivity contribution in [3.63, 3.8) is 0 Å². The summed E-state index contributed by atoms with van der Waals surface area (Å²) in [4.78, 5) is 26.1. The Morgan fingerprint density at radius 1 is 1.33 bits per heavy atom. The van der Waals surface area contributed by atoms with Crippen molar-refractivity contribution >= 4 is 23.3 Å². The van der Waals surface area contributed by atoms with Crippen LogP contribution in [0.4, 0.5) is 11.5 Å². The Kier molecular flexibility index (Phi) is 5.39. The van der Waals surface area contributed by atoms with Crippen LogP contribution in [0.1, 0.15) is 39.0 Å². The van der Waals surface area contributed by atoms with Gasteiger partial charge in [-0.3, -0.25) is 14.3 Å². The Hall–Kier alpha value is -1.37. The molecule has 6 nitrogen and oxygen atoms in total. The molecular weight excluding hydrogens is 288 g/mol. The number of H-pyrrole nitrogens is 1. The monoisotopic (exact) mass is 312 g/mol. The van der Waals surface area contributed by atoms with Gasteiger partial charge in [0.05, 0.1) is 0 Å². The van der Waals surface area contributed by atoms with Crippen molar-refractivity contribution in [2.75, 3.05) is 17.3 Å². The van der Waals surface area contributed by atoms with E-state index in [1.54, 1.807) is 0 Å². The maximum absolute atomic E-state index is 12.0. The number of hydrogen-bond donors (Lipinski definition) is 3. The van der Waals surface area contributed by atoms with E-state index in [2.05, 4.69) is 16.6 Å². The SMILES string of the molecule is CCCn1c(N)c(NC2CCC(SC)CC2)c(=O)[nH]c1=O. The Balaban J connectivity index is 2.19. The summed E-state index contributed by atoms with van der Waals surface area (Å²) < 4.78 is 1.43. The lowest BCUT2D eigenvalue weighted by atomic mass is 9.95. The van der Waals surface area contributed by atoms with E-state index in [9.17, 15) is 9.59 Å². The molecule has 0 spiro atoms. The van der Waals surface area contributed by atoms with E-state index in [-0.39, 0.29) is 11.9 Å². The van der Waals surface area contributed by atoms with Gasteiger partial charge in [-0.1, -0.05) is 6.92 Å². The van der Waals surface area contributed by atoms with Gasteiger partial charge in [0.1, 0.15) is 11.5 Å². The first kappa shape index (κ1) is 16.0. The molecule has 0 unspecified atom stereocenters. The minimum atomic E-state index is -0.434. The van der Waals surface area contributed by atoms with Crippen LogP contribution in [0.2, 0.25) is 0 Å². The number of aromatic nitrogens is 2. The topological polar surface area (TPSA) is 92.9 Å². The molecule has 0 amide bonds. The highest BCUT2D eigenvalue weighted by molar-refractivity contribution is 7.99. The molecule has 118 valence electrons. The van der Waals surface area contributed by atoms with E-state index >= 15 is 0 Å². The highest BCUT2D eigenvalue weighted by Crippen LogP contribution is 2.28. The van der Waals surface area contributed by atoms with E-state index in [0.717, 1.165) is 32.1 Å². The lowest BCUT2D eigenvalue weighted by Crippen LogP contribution is -2.37. The third-order valence-corrected chi connectivity index (χ3v) is 5.18. The van der Waals surface area contributed by atoms with Crippen molar-refractivity contribution in [2.24, 2.45) is 0 Å². The van der Waals surface area contributed by atoms with Gasteiger partial charge in [0.15, 0.2) is 0 Å². The fourth-order valence-corrected chi connectivity index (χ4v) is 3.56. The molecule has 0 aliphatic heterocycles. The maximum Gasteiger partial charge on any atom is 0.330 e. The van der Waals surface area contributed by atoms with E-state index < -0.39 is 11.2 Å². The zero-order valence-electron chi connectivity index (χ0n) is 12.6. The molecule has 0 bridgehead atoms. The van der Waals surface area contributed by atoms with Gasteiger partial charge >= 0.3 is 5.69 Å². The van der Waals surface area contributed by atoms with E-state index in [1.807, 2.05) is 18.7 Å². The second kappa shape index (κ2) is 7.06. The maximum atomic E-state index is 12.0. The molecule has 1 aliphatic rings. The molecule has 0 atom stereocenters. The molecule has 0 radical (unpaired) electrons. The summed E-state index contributed by atoms with van der Waals surface area (Å²) in [7, 11) is 0. The number of nitrogens with two attached hydrogens (primary N) is 1. The number of nitrogen functional groups attached to an aromatic ring is 1. The minimum absolute atomic E-state index is 0.248. The molecular formula is C14H24N4O2S. The zero-order valence-corrected chi connectivity index (χ0v) is 13.5. The number of rotatable bonds is 5. The second-order valence-corrected chi connectivity index (χ2v) is 6.66. The fraction of sp³-hybridized carbons (Fsp3) is 0.714. The molecule has 4 N–H and O–H groups in total. The number of nitrogens with zero attached hydrogens (tertiary/aromatic N) is 1. The average molecular weight is 312 g/mol. The van der Waals surface area contributed by atoms with E-state index in [1.165, 1.54) is 4.57 Å². The number of nitrogens with one attached hydrogen (secondary N) is 2. The average Bonchev–Trinajstić information content (AvgIpc) is 2.48. The Morgan fingerprint density at radius 2 is 2.00 bits per heavy atom. The van der Waals surface area contributed by atoms with Gasteiger partial charge in [0, 0.05) is 17.8 Å². The predicted molar refractivity (Wildman–Crippen MR) is 89.2 cm³/mol. The molecule has 21 heavy (non-hydrogen) atoms. The van der Waals surface area contributed by atoms with Crippen LogP contribution in [0.3, 0.4) is 0 Å². The van der Waals surface area contributed by atoms with E-state index in [0.29, 0.717) is 17.5 Å². The summed E-state index contributed by atoms with van der Waals surface area (Å²) in [6.45, 7) is 2.48. The van der Waals surface area contributed by atoms with E-state index in [4.69, 9.17) is 5.73 Å². The van der Waals surface area contributed by atoms with Crippen LogP contribution in [-0.4, -0.2) is 27.1 Å². The standard InChI is InChI=1S/C14H24N4O2S/c1-3-8-18-12(15)11(13(19)17-14(18)20)16-9-4-6-10(21-2)7-5-9/h9-10,16H,3-8,15H2,1-2H3,(H,17,19,20). The number of hydrogen-bond acceptors (Lipinski definition) is 5. The predicted octanol–water partition coefficient (Wildman–Crippen LogP) is 1.61. The molecule has 2 rings (SSSR count). The van der Waals surface area contributed by atoms with Crippen LogP contribution in [0, 0.1) is 0 Å². The molecule has 1 heterocycles. The van der Waals surface area contributed by atoms with Gasteiger partial charge in [-0.05, 0) is 38.4 Å². The Bertz CT molecular complexity index is 588. The second-order valence-electron chi connectivity index (χ2n) is 5.52. The third-order valence-electron chi connectivity index (χ3n) is 4.04. The smallest absolute Gasteiger partial charge is 0.330 e. The normalized spacial score (nSPS) is 22.2. The largest absolute Gasteiger partial charge is 0.383 e. The number of thioether (sulfide) groups is 1. The van der Waals surface area contributed by atoms with Crippen LogP contribution in [0.15, 0.2) is 9.59 Å². The molecule has 1 fully saturated rings. The fourth-order valence-electron chi connectivity index (χ4n) is 2.82. The van der Waals surface area contributed by atoms with Crippen LogP contribution >= 0.6 is 11.8 Å². The van der Waals surface area contributed by atoms with Crippen molar-refractivity contribution in [1.29, 1.82) is 0 Å². The minimum Gasteiger partial charge on any atom is -0.383 e.